The molecule has 5 aromatic rings. The Morgan fingerprint density at radius 1 is 0.931 bits per heavy atom. The number of aryl methyl sites for hydroxylation is 3. The number of thiazole rings is 1. The number of nitrogens with zero attached hydrogens (tertiary/aromatic N) is 7. The molecule has 4 aromatic heterocycles. The van der Waals surface area contributed by atoms with Gasteiger partial charge in [0.05, 0.1) is 41.4 Å². The van der Waals surface area contributed by atoms with Crippen LogP contribution in [0.25, 0.3) is 21.7 Å². The molecule has 7 atom stereocenters. The summed E-state index contributed by atoms with van der Waals surface area (Å²) in [5.74, 6) is 0.212. The van der Waals surface area contributed by atoms with Crippen LogP contribution < -0.4 is 15.4 Å². The van der Waals surface area contributed by atoms with Gasteiger partial charge in [0, 0.05) is 64.7 Å². The summed E-state index contributed by atoms with van der Waals surface area (Å²) in [4.78, 5) is 72.5. The number of aliphatic hydroxyl groups excluding tert-OH is 1. The summed E-state index contributed by atoms with van der Waals surface area (Å²) >= 11 is 3.26. The van der Waals surface area contributed by atoms with Gasteiger partial charge in [-0.25, -0.2) is 9.97 Å². The second-order valence-corrected chi connectivity index (χ2v) is 22.8. The lowest BCUT2D eigenvalue weighted by Gasteiger charge is -2.39. The fourth-order valence-corrected chi connectivity index (χ4v) is 12.3. The van der Waals surface area contributed by atoms with Crippen LogP contribution in [0.5, 0.6) is 5.88 Å². The first-order chi connectivity index (χ1) is 34.3. The van der Waals surface area contributed by atoms with E-state index < -0.39 is 35.6 Å². The van der Waals surface area contributed by atoms with E-state index in [0.717, 1.165) is 65.4 Å². The number of likely N-dealkylation sites (tertiary alicyclic amines) is 1. The molecule has 0 bridgehead atoms. The van der Waals surface area contributed by atoms with Crippen molar-refractivity contribution >= 4 is 57.6 Å². The van der Waals surface area contributed by atoms with Gasteiger partial charge < -0.3 is 30.1 Å². The van der Waals surface area contributed by atoms with Crippen LogP contribution in [0.2, 0.25) is 0 Å². The summed E-state index contributed by atoms with van der Waals surface area (Å²) in [6.07, 6.45) is 8.13. The second kappa shape index (κ2) is 20.3. The molecule has 2 aliphatic carbocycles. The molecule has 72 heavy (non-hydrogen) atoms. The van der Waals surface area contributed by atoms with Gasteiger partial charge in [0.1, 0.15) is 35.1 Å². The van der Waals surface area contributed by atoms with Crippen molar-refractivity contribution in [1.82, 2.24) is 40.3 Å². The third kappa shape index (κ3) is 10.0. The van der Waals surface area contributed by atoms with Gasteiger partial charge in [-0.15, -0.1) is 32.9 Å². The number of aliphatic hydroxyl groups is 1. The molecule has 3 amide bonds. The van der Waals surface area contributed by atoms with Gasteiger partial charge in [-0.1, -0.05) is 70.2 Å². The molecule has 3 N–H and O–H groups in total. The van der Waals surface area contributed by atoms with Crippen LogP contribution >= 0.6 is 22.7 Å². The highest BCUT2D eigenvalue weighted by atomic mass is 32.1. The third-order valence-electron chi connectivity index (χ3n) is 14.6. The molecule has 1 saturated heterocycles. The first-order valence-electron chi connectivity index (χ1n) is 24.6. The number of carbonyl (C=O) groups is 4. The lowest BCUT2D eigenvalue weighted by molar-refractivity contribution is -0.145. The van der Waals surface area contributed by atoms with Gasteiger partial charge in [-0.3, -0.25) is 28.7 Å². The molecule has 0 spiro atoms. The number of nitrogens with one attached hydrogen (secondary N) is 2. The molecule has 378 valence electrons. The van der Waals surface area contributed by atoms with Crippen LogP contribution in [-0.2, 0) is 23.9 Å². The Balaban J connectivity index is 0.802. The zero-order valence-electron chi connectivity index (χ0n) is 42.4. The van der Waals surface area contributed by atoms with Gasteiger partial charge in [-0.2, -0.15) is 0 Å². The molecule has 2 aliphatic heterocycles. The number of amides is 3. The van der Waals surface area contributed by atoms with E-state index >= 15 is 0 Å². The molecule has 9 rings (SSSR count). The van der Waals surface area contributed by atoms with Crippen molar-refractivity contribution in [3.8, 4) is 22.0 Å². The number of allylic oxidation sites excluding steroid dienone is 3. The fourth-order valence-electron chi connectivity index (χ4n) is 10.2. The zero-order valence-corrected chi connectivity index (χ0v) is 44.1. The Hall–Kier alpha value is -6.37. The average Bonchev–Trinajstić information content (AvgIpc) is 4.10. The zero-order chi connectivity index (χ0) is 51.3. The highest BCUT2D eigenvalue weighted by molar-refractivity contribution is 7.15. The quantitative estimate of drug-likeness (QED) is 0.0981. The Morgan fingerprint density at radius 3 is 2.31 bits per heavy atom. The smallest absolute Gasteiger partial charge is 0.308 e. The maximum Gasteiger partial charge on any atom is 0.308 e. The van der Waals surface area contributed by atoms with Crippen molar-refractivity contribution in [3.05, 3.63) is 110 Å². The number of aromatic nitrogens is 5. The minimum absolute atomic E-state index is 0.00182. The summed E-state index contributed by atoms with van der Waals surface area (Å²) in [5.41, 5.74) is 8.87. The van der Waals surface area contributed by atoms with Crippen LogP contribution in [0.1, 0.15) is 110 Å². The molecule has 2 fully saturated rings. The first kappa shape index (κ1) is 50.6. The van der Waals surface area contributed by atoms with Crippen molar-refractivity contribution in [2.24, 2.45) is 28.2 Å². The number of β-amino-alcohol motifs (C(OH)–C–C–N with tert-alkyl or cyclic N) is 1. The number of rotatable bonds is 13. The Labute approximate surface area is 428 Å². The summed E-state index contributed by atoms with van der Waals surface area (Å²) in [6, 6.07) is 9.25. The lowest BCUT2D eigenvalue weighted by Crippen LogP contribution is -2.60. The van der Waals surface area contributed by atoms with Crippen LogP contribution in [-0.4, -0.2) is 108 Å². The average molecular weight is 1010 g/mol. The van der Waals surface area contributed by atoms with E-state index in [9.17, 15) is 24.3 Å². The molecule has 6 heterocycles. The number of ether oxygens (including phenoxy) is 2. The predicted molar refractivity (Wildman–Crippen MR) is 277 cm³/mol. The van der Waals surface area contributed by atoms with Gasteiger partial charge in [-0.05, 0) is 81.6 Å². The van der Waals surface area contributed by atoms with E-state index in [1.165, 1.54) is 12.0 Å². The predicted octanol–water partition coefficient (Wildman–Crippen LogP) is 7.60. The first-order valence-corrected chi connectivity index (χ1v) is 26.3. The highest BCUT2D eigenvalue weighted by Crippen LogP contribution is 2.41. The molecule has 2 unspecified atom stereocenters. The number of aliphatic imine (C=N–C) groups is 1. The number of hydrogen-bond acceptors (Lipinski definition) is 14. The Bertz CT molecular complexity index is 2980. The minimum atomic E-state index is -0.928. The van der Waals surface area contributed by atoms with Crippen LogP contribution in [0, 0.1) is 50.9 Å². The van der Waals surface area contributed by atoms with E-state index in [1.54, 1.807) is 28.9 Å². The van der Waals surface area contributed by atoms with Crippen molar-refractivity contribution in [2.75, 3.05) is 13.7 Å². The number of pyridine rings is 1. The summed E-state index contributed by atoms with van der Waals surface area (Å²) in [6.45, 7) is 17.8. The maximum absolute atomic E-state index is 14.4. The maximum atomic E-state index is 14.4. The number of fused-ring (bicyclic) bond motifs is 3. The molecule has 16 nitrogen and oxygen atoms in total. The van der Waals surface area contributed by atoms with E-state index in [4.69, 9.17) is 14.5 Å². The number of carbonyl (C=O) groups excluding carboxylic acids is 4. The van der Waals surface area contributed by atoms with E-state index in [1.807, 2.05) is 88.0 Å². The number of methoxy groups -OCH3 is 1. The summed E-state index contributed by atoms with van der Waals surface area (Å²) in [7, 11) is 1.37. The molecular formula is C54H63N9O7S2. The topological polar surface area (TPSA) is 203 Å². The van der Waals surface area contributed by atoms with Crippen LogP contribution in [0.3, 0.4) is 0 Å². The highest BCUT2D eigenvalue weighted by Gasteiger charge is 2.47. The van der Waals surface area contributed by atoms with Gasteiger partial charge >= 0.3 is 5.97 Å². The monoisotopic (exact) mass is 1010 g/mol. The van der Waals surface area contributed by atoms with Crippen LogP contribution in [0.4, 0.5) is 0 Å². The SMILES string of the molecule is COC(=O)C[C@@H]1N=C(c2ccc(-c3ccc(OC4CC(C(=O)N[C@H](C(=O)N5C[C@H](O)C[C@H]5C(=O)N[C@@H](C)C5C=CC(c6scnc6C)=CC5C)C(C)(C)C)C4)nc3)cc2)c2c(sc(C)c2C)-n2c(C)nnc21. The van der Waals surface area contributed by atoms with Gasteiger partial charge in [0.2, 0.25) is 23.6 Å². The number of esters is 1. The second-order valence-electron chi connectivity index (χ2n) is 20.7. The minimum Gasteiger partial charge on any atom is -0.474 e. The molecule has 0 radical (unpaired) electrons. The number of benzene rings is 1. The van der Waals surface area contributed by atoms with Crippen molar-refractivity contribution in [3.63, 3.8) is 0 Å². The van der Waals surface area contributed by atoms with Gasteiger partial charge in [0.25, 0.3) is 0 Å². The van der Waals surface area contributed by atoms with E-state index in [0.29, 0.717) is 24.5 Å². The third-order valence-corrected chi connectivity index (χ3v) is 16.7. The van der Waals surface area contributed by atoms with Crippen LogP contribution in [0.15, 0.2) is 71.3 Å². The molecular weight excluding hydrogens is 951 g/mol. The summed E-state index contributed by atoms with van der Waals surface area (Å²) in [5, 5.41) is 26.7. The number of hydrogen-bond donors (Lipinski definition) is 3. The lowest BCUT2D eigenvalue weighted by atomic mass is 9.80. The Kier molecular flexibility index (Phi) is 14.2. The fraction of sp³-hybridized carbons (Fsp3) is 0.463. The largest absolute Gasteiger partial charge is 0.474 e. The van der Waals surface area contributed by atoms with E-state index in [2.05, 4.69) is 69.8 Å². The van der Waals surface area contributed by atoms with Crippen molar-refractivity contribution in [2.45, 2.75) is 124 Å². The van der Waals surface area contributed by atoms with E-state index in [-0.39, 0.29) is 67.1 Å². The van der Waals surface area contributed by atoms with Crippen molar-refractivity contribution < 1.29 is 33.8 Å². The molecule has 4 aliphatic rings. The summed E-state index contributed by atoms with van der Waals surface area (Å²) < 4.78 is 13.3. The van der Waals surface area contributed by atoms with Gasteiger partial charge in [0.15, 0.2) is 5.82 Å². The molecule has 1 aromatic carbocycles. The Morgan fingerprint density at radius 2 is 1.65 bits per heavy atom. The number of thiophene rings is 1. The normalized spacial score (nSPS) is 23.4. The van der Waals surface area contributed by atoms with Crippen molar-refractivity contribution in [1.29, 1.82) is 0 Å². The molecule has 18 heteroatoms. The molecule has 1 saturated carbocycles. The standard InChI is InChI=1S/C54H63N9O7S2/c1-27-19-35(47-30(4)56-26-71-47)15-17-40(27)29(3)57-51(67)42-22-38(64)25-62(42)52(68)48(54(7,8)9)59-50(66)37-20-39(21-37)70-43-18-16-36(24-55-43)33-11-13-34(14-12-33)46-45-28(2)31(5)72-53(45)63-32(6)60-61-49(63)41(58-46)23-44(65)69-10/h11-19,24,26-27,29,37-42,48,64H,20-23,25H2,1-10H3,(H,57,67)(H,59,66)/t27?,29-,37?,38+,39?,40?,41-,42-,48+/m0/s1.